The monoisotopic (exact) mass is 244 g/mol. The maximum Gasteiger partial charge on any atom is 0.170 e. The number of carbonyl (C=O) groups is 1. The molecule has 0 spiro atoms. The van der Waals surface area contributed by atoms with E-state index in [-0.39, 0.29) is 11.7 Å². The Morgan fingerprint density at radius 3 is 2.35 bits per heavy atom. The lowest BCUT2D eigenvalue weighted by atomic mass is 10.00. The van der Waals surface area contributed by atoms with Crippen LogP contribution < -0.4 is 0 Å². The number of benzene rings is 1. The lowest BCUT2D eigenvalue weighted by Gasteiger charge is -2.06. The van der Waals surface area contributed by atoms with Crippen LogP contribution in [-0.4, -0.2) is 13.9 Å². The highest BCUT2D eigenvalue weighted by Gasteiger charge is 2.11. The van der Waals surface area contributed by atoms with Crippen LogP contribution in [0.4, 0.5) is 0 Å². The molecule has 0 saturated heterocycles. The molecule has 0 fully saturated rings. The average Bonchev–Trinajstić information content (AvgIpc) is 2.27. The Labute approximate surface area is 105 Å². The molecule has 0 aliphatic carbocycles. The van der Waals surface area contributed by atoms with Gasteiger partial charge in [-0.15, -0.1) is 5.73 Å². The van der Waals surface area contributed by atoms with E-state index in [1.54, 1.807) is 0 Å². The molecule has 0 aliphatic rings. The molecule has 1 aromatic rings. The van der Waals surface area contributed by atoms with Crippen molar-refractivity contribution in [3.8, 4) is 0 Å². The van der Waals surface area contributed by atoms with Crippen molar-refractivity contribution in [1.29, 1.82) is 0 Å². The molecule has 0 aliphatic heterocycles. The number of allylic oxidation sites excluding steroid dienone is 1. The summed E-state index contributed by atoms with van der Waals surface area (Å²) < 4.78 is 0. The molecule has 0 radical (unpaired) electrons. The predicted molar refractivity (Wildman–Crippen MR) is 75.9 cm³/mol. The summed E-state index contributed by atoms with van der Waals surface area (Å²) in [4.78, 5) is 12.0. The van der Waals surface area contributed by atoms with Gasteiger partial charge < -0.3 is 0 Å². The highest BCUT2D eigenvalue weighted by Crippen LogP contribution is 2.09. The Morgan fingerprint density at radius 2 is 1.82 bits per heavy atom. The van der Waals surface area contributed by atoms with Crippen molar-refractivity contribution in [3.05, 3.63) is 53.4 Å². The molecule has 0 bridgehead atoms. The van der Waals surface area contributed by atoms with Crippen LogP contribution in [0.5, 0.6) is 0 Å². The molecule has 1 nitrogen and oxygen atoms in total. The molecule has 1 aromatic carbocycles. The van der Waals surface area contributed by atoms with E-state index in [1.807, 2.05) is 43.3 Å². The average molecular weight is 244 g/mol. The third-order valence-electron chi connectivity index (χ3n) is 2.33. The Morgan fingerprint density at radius 1 is 1.24 bits per heavy atom. The van der Waals surface area contributed by atoms with Gasteiger partial charge in [0.05, 0.1) is 8.07 Å². The fourth-order valence-corrected chi connectivity index (χ4v) is 1.98. The number of carbonyl (C=O) groups excluding carboxylic acids is 1. The van der Waals surface area contributed by atoms with Crippen molar-refractivity contribution in [2.75, 3.05) is 0 Å². The third kappa shape index (κ3) is 4.99. The molecule has 0 aromatic heterocycles. The smallest absolute Gasteiger partial charge is 0.170 e. The Balaban J connectivity index is 2.76. The van der Waals surface area contributed by atoms with E-state index in [0.29, 0.717) is 0 Å². The van der Waals surface area contributed by atoms with Crippen LogP contribution in [0, 0.1) is 5.92 Å². The summed E-state index contributed by atoms with van der Waals surface area (Å²) in [6, 6.07) is 9.41. The minimum atomic E-state index is -1.22. The Bertz CT molecular complexity index is 434. The van der Waals surface area contributed by atoms with Gasteiger partial charge in [-0.2, -0.15) is 0 Å². The molecule has 0 heterocycles. The van der Waals surface area contributed by atoms with Crippen molar-refractivity contribution >= 4 is 13.9 Å². The van der Waals surface area contributed by atoms with Crippen molar-refractivity contribution in [3.63, 3.8) is 0 Å². The second-order valence-corrected chi connectivity index (χ2v) is 10.4. The topological polar surface area (TPSA) is 17.1 Å². The van der Waals surface area contributed by atoms with Crippen LogP contribution in [0.25, 0.3) is 0 Å². The summed E-state index contributed by atoms with van der Waals surface area (Å²) in [5.41, 5.74) is 6.06. The molecular weight excluding hydrogens is 224 g/mol. The first-order valence-electron chi connectivity index (χ1n) is 5.93. The van der Waals surface area contributed by atoms with Gasteiger partial charge >= 0.3 is 0 Å². The lowest BCUT2D eigenvalue weighted by Crippen LogP contribution is -2.15. The molecule has 0 amide bonds. The number of rotatable bonds is 4. The number of Topliss-reactive ketones (excluding diaryl/α,β-unsaturated/α-hetero) is 1. The first-order valence-corrected chi connectivity index (χ1v) is 9.51. The Kier molecular flexibility index (Phi) is 4.68. The van der Waals surface area contributed by atoms with Gasteiger partial charge in [0.1, 0.15) is 0 Å². The minimum absolute atomic E-state index is 0.106. The molecule has 2 heteroatoms. The van der Waals surface area contributed by atoms with Crippen molar-refractivity contribution in [2.24, 2.45) is 5.92 Å². The molecule has 0 saturated carbocycles. The van der Waals surface area contributed by atoms with E-state index in [4.69, 9.17) is 0 Å². The first kappa shape index (κ1) is 13.7. The maximum absolute atomic E-state index is 12.0. The molecule has 0 unspecified atom stereocenters. The molecular formula is C15H20OSi. The quantitative estimate of drug-likeness (QED) is 0.443. The maximum atomic E-state index is 12.0. The molecule has 1 rings (SSSR count). The SMILES string of the molecule is C[C@H](C=C=C[Si](C)(C)C)C(=O)c1ccccc1. The van der Waals surface area contributed by atoms with E-state index in [2.05, 4.69) is 31.1 Å². The largest absolute Gasteiger partial charge is 0.294 e. The van der Waals surface area contributed by atoms with Gasteiger partial charge in [0.25, 0.3) is 0 Å². The summed E-state index contributed by atoms with van der Waals surface area (Å²) in [6.07, 6.45) is 1.87. The van der Waals surface area contributed by atoms with Gasteiger partial charge in [-0.3, -0.25) is 4.79 Å². The molecule has 17 heavy (non-hydrogen) atoms. The zero-order valence-corrected chi connectivity index (χ0v) is 12.0. The van der Waals surface area contributed by atoms with Crippen LogP contribution in [0.15, 0.2) is 47.8 Å². The van der Waals surface area contributed by atoms with Gasteiger partial charge in [-0.25, -0.2) is 0 Å². The fraction of sp³-hybridized carbons (Fsp3) is 0.333. The van der Waals surface area contributed by atoms with Gasteiger partial charge in [0, 0.05) is 11.5 Å². The van der Waals surface area contributed by atoms with E-state index in [0.717, 1.165) is 5.56 Å². The van der Waals surface area contributed by atoms with Crippen LogP contribution in [0.2, 0.25) is 19.6 Å². The highest BCUT2D eigenvalue weighted by molar-refractivity contribution is 6.80. The van der Waals surface area contributed by atoms with Crippen molar-refractivity contribution < 1.29 is 4.79 Å². The number of hydrogen-bond donors (Lipinski definition) is 0. The summed E-state index contributed by atoms with van der Waals surface area (Å²) >= 11 is 0. The van der Waals surface area contributed by atoms with E-state index in [9.17, 15) is 4.79 Å². The van der Waals surface area contributed by atoms with Crippen LogP contribution in [-0.2, 0) is 0 Å². The van der Waals surface area contributed by atoms with E-state index < -0.39 is 8.07 Å². The van der Waals surface area contributed by atoms with Crippen LogP contribution >= 0.6 is 0 Å². The minimum Gasteiger partial charge on any atom is -0.294 e. The van der Waals surface area contributed by atoms with Crippen molar-refractivity contribution in [2.45, 2.75) is 26.6 Å². The normalized spacial score (nSPS) is 12.5. The summed E-state index contributed by atoms with van der Waals surface area (Å²) in [5.74, 6) is 0.0482. The van der Waals surface area contributed by atoms with Gasteiger partial charge in [-0.1, -0.05) is 62.6 Å². The second-order valence-electron chi connectivity index (χ2n) is 5.36. The fourth-order valence-electron chi connectivity index (χ4n) is 1.38. The van der Waals surface area contributed by atoms with Gasteiger partial charge in [0.15, 0.2) is 5.78 Å². The molecule has 90 valence electrons. The van der Waals surface area contributed by atoms with Crippen molar-refractivity contribution in [1.82, 2.24) is 0 Å². The third-order valence-corrected chi connectivity index (χ3v) is 3.37. The standard InChI is InChI=1S/C15H20OSi/c1-13(9-8-12-17(2,3)4)15(16)14-10-6-5-7-11-14/h5-7,9-13H,1-4H3/t8?,13-/m1/s1. The zero-order valence-electron chi connectivity index (χ0n) is 11.0. The highest BCUT2D eigenvalue weighted by atomic mass is 28.3. The lowest BCUT2D eigenvalue weighted by molar-refractivity contribution is 0.0953. The summed E-state index contributed by atoms with van der Waals surface area (Å²) in [7, 11) is -1.22. The molecule has 1 atom stereocenters. The van der Waals surface area contributed by atoms with Crippen LogP contribution in [0.3, 0.4) is 0 Å². The predicted octanol–water partition coefficient (Wildman–Crippen LogP) is 4.09. The van der Waals surface area contributed by atoms with Gasteiger partial charge in [0.2, 0.25) is 0 Å². The Hall–Kier alpha value is -1.37. The van der Waals surface area contributed by atoms with E-state index >= 15 is 0 Å². The number of ketones is 1. The van der Waals surface area contributed by atoms with Gasteiger partial charge in [-0.05, 0) is 6.08 Å². The zero-order chi connectivity index (χ0) is 12.9. The molecule has 0 N–H and O–H groups in total. The second kappa shape index (κ2) is 5.81. The van der Waals surface area contributed by atoms with E-state index in [1.165, 1.54) is 0 Å². The summed E-state index contributed by atoms with van der Waals surface area (Å²) in [6.45, 7) is 8.66. The summed E-state index contributed by atoms with van der Waals surface area (Å²) in [5, 5.41) is 0. The van der Waals surface area contributed by atoms with Crippen LogP contribution in [0.1, 0.15) is 17.3 Å². The first-order chi connectivity index (χ1) is 7.90. The number of hydrogen-bond acceptors (Lipinski definition) is 1.